The van der Waals surface area contributed by atoms with Crippen LogP contribution in [0.3, 0.4) is 0 Å². The minimum Gasteiger partial charge on any atom is -0.508 e. The second-order valence-electron chi connectivity index (χ2n) is 4.08. The van der Waals surface area contributed by atoms with Gasteiger partial charge in [-0.2, -0.15) is 0 Å². The first-order chi connectivity index (χ1) is 7.65. The average Bonchev–Trinajstić information content (AvgIpc) is 2.25. The van der Waals surface area contributed by atoms with E-state index in [1.165, 1.54) is 11.6 Å². The first kappa shape index (κ1) is 10.7. The zero-order valence-electron chi connectivity index (χ0n) is 9.23. The molecule has 0 amide bonds. The minimum absolute atomic E-state index is 0.00134. The molecule has 1 N–H and O–H groups in total. The van der Waals surface area contributed by atoms with Crippen molar-refractivity contribution in [1.82, 2.24) is 0 Å². The summed E-state index contributed by atoms with van der Waals surface area (Å²) in [6.07, 6.45) is 4.35. The summed E-state index contributed by atoms with van der Waals surface area (Å²) in [4.78, 5) is 11.1. The van der Waals surface area contributed by atoms with Gasteiger partial charge in [0.05, 0.1) is 0 Å². The molecule has 0 bridgehead atoms. The van der Waals surface area contributed by atoms with E-state index in [-0.39, 0.29) is 11.5 Å². The standard InChI is InChI=1S/C14H14O2/c1-10-2-4-11(5-3-10)8-12-6-7-13(15)9-14(12)16/h2-5,8-9,16H,6-7H2,1H3. The largest absolute Gasteiger partial charge is 0.508 e. The molecule has 2 nitrogen and oxygen atoms in total. The Kier molecular flexibility index (Phi) is 2.91. The number of aryl methyl sites for hydroxylation is 1. The van der Waals surface area contributed by atoms with Crippen molar-refractivity contribution in [1.29, 1.82) is 0 Å². The molecular weight excluding hydrogens is 200 g/mol. The fourth-order valence-corrected chi connectivity index (χ4v) is 1.71. The van der Waals surface area contributed by atoms with Gasteiger partial charge >= 0.3 is 0 Å². The van der Waals surface area contributed by atoms with Crippen molar-refractivity contribution in [3.8, 4) is 0 Å². The van der Waals surface area contributed by atoms with E-state index < -0.39 is 0 Å². The van der Waals surface area contributed by atoms with Gasteiger partial charge in [0.25, 0.3) is 0 Å². The summed E-state index contributed by atoms with van der Waals surface area (Å²) < 4.78 is 0. The van der Waals surface area contributed by atoms with Crippen LogP contribution < -0.4 is 0 Å². The van der Waals surface area contributed by atoms with Crippen LogP contribution in [0.25, 0.3) is 6.08 Å². The number of ketones is 1. The maximum Gasteiger partial charge on any atom is 0.159 e. The third-order valence-electron chi connectivity index (χ3n) is 2.69. The van der Waals surface area contributed by atoms with E-state index in [1.54, 1.807) is 0 Å². The molecule has 0 unspecified atom stereocenters. The van der Waals surface area contributed by atoms with Gasteiger partial charge in [-0.25, -0.2) is 0 Å². The maximum absolute atomic E-state index is 11.1. The fraction of sp³-hybridized carbons (Fsp3) is 0.214. The molecule has 0 heterocycles. The molecule has 1 aromatic carbocycles. The monoisotopic (exact) mass is 214 g/mol. The molecular formula is C14H14O2. The van der Waals surface area contributed by atoms with Crippen LogP contribution in [0.5, 0.6) is 0 Å². The Morgan fingerprint density at radius 3 is 2.50 bits per heavy atom. The molecule has 16 heavy (non-hydrogen) atoms. The topological polar surface area (TPSA) is 37.3 Å². The first-order valence-electron chi connectivity index (χ1n) is 5.36. The van der Waals surface area contributed by atoms with E-state index in [0.29, 0.717) is 12.8 Å². The molecule has 0 fully saturated rings. The third-order valence-corrected chi connectivity index (χ3v) is 2.69. The van der Waals surface area contributed by atoms with E-state index >= 15 is 0 Å². The lowest BCUT2D eigenvalue weighted by molar-refractivity contribution is -0.114. The zero-order valence-corrected chi connectivity index (χ0v) is 9.23. The van der Waals surface area contributed by atoms with Crippen molar-refractivity contribution in [2.45, 2.75) is 19.8 Å². The van der Waals surface area contributed by atoms with Gasteiger partial charge in [-0.15, -0.1) is 0 Å². The summed E-state index contributed by atoms with van der Waals surface area (Å²) in [6.45, 7) is 2.04. The summed E-state index contributed by atoms with van der Waals surface area (Å²) in [5.41, 5.74) is 3.10. The Morgan fingerprint density at radius 2 is 1.88 bits per heavy atom. The van der Waals surface area contributed by atoms with Gasteiger partial charge in [-0.3, -0.25) is 4.79 Å². The van der Waals surface area contributed by atoms with Crippen LogP contribution in [0, 0.1) is 6.92 Å². The molecule has 1 aliphatic rings. The third kappa shape index (κ3) is 2.40. The summed E-state index contributed by atoms with van der Waals surface area (Å²) >= 11 is 0. The van der Waals surface area contributed by atoms with Crippen molar-refractivity contribution < 1.29 is 9.90 Å². The van der Waals surface area contributed by atoms with Crippen molar-refractivity contribution in [3.63, 3.8) is 0 Å². The Labute approximate surface area is 94.9 Å². The van der Waals surface area contributed by atoms with E-state index in [2.05, 4.69) is 0 Å². The highest BCUT2D eigenvalue weighted by molar-refractivity contribution is 5.92. The van der Waals surface area contributed by atoms with Gasteiger partial charge < -0.3 is 5.11 Å². The highest BCUT2D eigenvalue weighted by Crippen LogP contribution is 2.22. The molecule has 2 rings (SSSR count). The van der Waals surface area contributed by atoms with E-state index in [4.69, 9.17) is 0 Å². The molecule has 0 atom stereocenters. The minimum atomic E-state index is -0.00134. The average molecular weight is 214 g/mol. The van der Waals surface area contributed by atoms with Crippen LogP contribution in [0.1, 0.15) is 24.0 Å². The van der Waals surface area contributed by atoms with Gasteiger partial charge in [-0.1, -0.05) is 29.8 Å². The Bertz CT molecular complexity index is 464. The highest BCUT2D eigenvalue weighted by atomic mass is 16.3. The molecule has 0 saturated heterocycles. The molecule has 82 valence electrons. The number of aliphatic hydroxyl groups is 1. The normalized spacial score (nSPS) is 18.7. The van der Waals surface area contributed by atoms with Gasteiger partial charge in [0, 0.05) is 12.5 Å². The quantitative estimate of drug-likeness (QED) is 0.779. The lowest BCUT2D eigenvalue weighted by atomic mass is 9.97. The van der Waals surface area contributed by atoms with Gasteiger partial charge in [0.2, 0.25) is 0 Å². The van der Waals surface area contributed by atoms with Gasteiger partial charge in [0.1, 0.15) is 5.76 Å². The van der Waals surface area contributed by atoms with Crippen molar-refractivity contribution in [2.24, 2.45) is 0 Å². The van der Waals surface area contributed by atoms with Crippen LogP contribution >= 0.6 is 0 Å². The molecule has 2 heteroatoms. The Hall–Kier alpha value is -1.83. The highest BCUT2D eigenvalue weighted by Gasteiger charge is 2.13. The lowest BCUT2D eigenvalue weighted by Crippen LogP contribution is -2.05. The van der Waals surface area contributed by atoms with Gasteiger partial charge in [-0.05, 0) is 30.6 Å². The maximum atomic E-state index is 11.1. The number of aliphatic hydroxyl groups excluding tert-OH is 1. The zero-order chi connectivity index (χ0) is 11.5. The predicted octanol–water partition coefficient (Wildman–Crippen LogP) is 3.18. The van der Waals surface area contributed by atoms with Crippen molar-refractivity contribution in [2.75, 3.05) is 0 Å². The Balaban J connectivity index is 2.28. The molecule has 0 aromatic heterocycles. The number of rotatable bonds is 1. The van der Waals surface area contributed by atoms with Crippen LogP contribution in [-0.2, 0) is 4.79 Å². The predicted molar refractivity (Wildman–Crippen MR) is 64.1 cm³/mol. The number of hydrogen-bond donors (Lipinski definition) is 1. The summed E-state index contributed by atoms with van der Waals surface area (Å²) in [7, 11) is 0. The van der Waals surface area contributed by atoms with E-state index in [9.17, 15) is 9.90 Å². The summed E-state index contributed by atoms with van der Waals surface area (Å²) in [5, 5.41) is 9.63. The number of hydrogen-bond acceptors (Lipinski definition) is 2. The fourth-order valence-electron chi connectivity index (χ4n) is 1.71. The SMILES string of the molecule is Cc1ccc(C=C2CCC(=O)C=C2O)cc1. The van der Waals surface area contributed by atoms with Crippen molar-refractivity contribution in [3.05, 3.63) is 52.8 Å². The summed E-state index contributed by atoms with van der Waals surface area (Å²) in [6, 6.07) is 8.07. The number of carbonyl (C=O) groups excluding carboxylic acids is 1. The van der Waals surface area contributed by atoms with Crippen LogP contribution in [0.2, 0.25) is 0 Å². The number of carbonyl (C=O) groups is 1. The molecule has 0 spiro atoms. The first-order valence-corrected chi connectivity index (χ1v) is 5.36. The molecule has 1 aliphatic carbocycles. The van der Waals surface area contributed by atoms with E-state index in [0.717, 1.165) is 11.1 Å². The second-order valence-corrected chi connectivity index (χ2v) is 4.08. The Morgan fingerprint density at radius 1 is 1.19 bits per heavy atom. The van der Waals surface area contributed by atoms with Crippen LogP contribution in [0.4, 0.5) is 0 Å². The van der Waals surface area contributed by atoms with Crippen LogP contribution in [-0.4, -0.2) is 10.9 Å². The smallest absolute Gasteiger partial charge is 0.159 e. The molecule has 0 radical (unpaired) electrons. The molecule has 0 aliphatic heterocycles. The second kappa shape index (κ2) is 4.35. The van der Waals surface area contributed by atoms with Gasteiger partial charge in [0.15, 0.2) is 5.78 Å². The number of benzene rings is 1. The number of allylic oxidation sites excluding steroid dienone is 2. The van der Waals surface area contributed by atoms with Crippen molar-refractivity contribution >= 4 is 11.9 Å². The molecule has 0 saturated carbocycles. The summed E-state index contributed by atoms with van der Waals surface area (Å²) in [5.74, 6) is 0.107. The van der Waals surface area contributed by atoms with E-state index in [1.807, 2.05) is 37.3 Å². The van der Waals surface area contributed by atoms with Crippen LogP contribution in [0.15, 0.2) is 41.7 Å². The molecule has 1 aromatic rings. The lowest BCUT2D eigenvalue weighted by Gasteiger charge is -2.11.